The van der Waals surface area contributed by atoms with Crippen LogP contribution in [0.4, 0.5) is 4.39 Å². The van der Waals surface area contributed by atoms with Gasteiger partial charge in [0.1, 0.15) is 35.3 Å². The molecule has 0 bridgehead atoms. The second-order valence-electron chi connectivity index (χ2n) is 9.91. The Kier molecular flexibility index (Phi) is 10.5. The molecule has 3 amide bonds. The molecule has 1 fully saturated rings. The molecular weight excluding hydrogens is 561 g/mol. The van der Waals surface area contributed by atoms with E-state index >= 15 is 0 Å². The van der Waals surface area contributed by atoms with Gasteiger partial charge in [-0.05, 0) is 55.8 Å². The van der Waals surface area contributed by atoms with E-state index in [1.165, 1.54) is 40.5 Å². The van der Waals surface area contributed by atoms with E-state index in [4.69, 9.17) is 20.6 Å². The van der Waals surface area contributed by atoms with Gasteiger partial charge in [-0.3, -0.25) is 19.8 Å². The van der Waals surface area contributed by atoms with E-state index in [2.05, 4.69) is 10.6 Å². The number of hydrogen-bond donors (Lipinski definition) is 4. The van der Waals surface area contributed by atoms with Crippen molar-refractivity contribution >= 4 is 34.9 Å². The van der Waals surface area contributed by atoms with Gasteiger partial charge >= 0.3 is 0 Å². The van der Waals surface area contributed by atoms with Gasteiger partial charge in [0.15, 0.2) is 0 Å². The molecule has 0 spiro atoms. The highest BCUT2D eigenvalue weighted by atomic mass is 32.1. The Bertz CT molecular complexity index is 1380. The van der Waals surface area contributed by atoms with Gasteiger partial charge in [-0.2, -0.15) is 0 Å². The maximum absolute atomic E-state index is 13.4. The number of benzene rings is 2. The first-order chi connectivity index (χ1) is 20.2. The van der Waals surface area contributed by atoms with Gasteiger partial charge in [0, 0.05) is 28.7 Å². The highest BCUT2D eigenvalue weighted by molar-refractivity contribution is 7.10. The topological polar surface area (TPSA) is 147 Å². The van der Waals surface area contributed by atoms with Gasteiger partial charge in [-0.25, -0.2) is 4.39 Å². The molecule has 0 aliphatic carbocycles. The molecule has 1 saturated heterocycles. The first-order valence-corrected chi connectivity index (χ1v) is 14.5. The number of amidine groups is 1. The van der Waals surface area contributed by atoms with E-state index in [9.17, 15) is 18.8 Å². The number of amides is 3. The Labute approximate surface area is 247 Å². The summed E-state index contributed by atoms with van der Waals surface area (Å²) in [7, 11) is 0. The fourth-order valence-corrected chi connectivity index (χ4v) is 5.43. The van der Waals surface area contributed by atoms with Crippen LogP contribution in [-0.2, 0) is 14.4 Å². The average Bonchev–Trinajstić information content (AvgIpc) is 3.64. The fourth-order valence-electron chi connectivity index (χ4n) is 4.52. The lowest BCUT2D eigenvalue weighted by molar-refractivity contribution is -0.139. The molecule has 3 atom stereocenters. The quantitative estimate of drug-likeness (QED) is 0.135. The molecule has 3 aromatic rings. The Hall–Kier alpha value is -4.45. The third-order valence-corrected chi connectivity index (χ3v) is 7.83. The molecule has 222 valence electrons. The lowest BCUT2D eigenvalue weighted by atomic mass is 10.1. The molecule has 42 heavy (non-hydrogen) atoms. The zero-order valence-electron chi connectivity index (χ0n) is 23.2. The van der Waals surface area contributed by atoms with E-state index in [1.54, 1.807) is 11.4 Å². The zero-order chi connectivity index (χ0) is 30.1. The van der Waals surface area contributed by atoms with Gasteiger partial charge in [-0.1, -0.05) is 18.2 Å². The average molecular weight is 596 g/mol. The minimum atomic E-state index is -0.839. The third-order valence-electron chi connectivity index (χ3n) is 6.72. The van der Waals surface area contributed by atoms with Gasteiger partial charge < -0.3 is 30.7 Å². The summed E-state index contributed by atoms with van der Waals surface area (Å²) in [4.78, 5) is 41.2. The van der Waals surface area contributed by atoms with Crippen LogP contribution in [0, 0.1) is 11.2 Å². The summed E-state index contributed by atoms with van der Waals surface area (Å²) < 4.78 is 24.9. The van der Waals surface area contributed by atoms with Gasteiger partial charge in [0.05, 0.1) is 25.7 Å². The van der Waals surface area contributed by atoms with E-state index in [-0.39, 0.29) is 49.6 Å². The lowest BCUT2D eigenvalue weighted by Crippen LogP contribution is -2.49. The van der Waals surface area contributed by atoms with Crippen LogP contribution in [0.1, 0.15) is 42.7 Å². The molecule has 10 nitrogen and oxygen atoms in total. The summed E-state index contributed by atoms with van der Waals surface area (Å²) in [6.45, 7) is 2.02. The number of likely N-dealkylation sites (tertiary alicyclic amines) is 1. The van der Waals surface area contributed by atoms with Crippen LogP contribution in [0.25, 0.3) is 0 Å². The number of nitrogens with zero attached hydrogens (tertiary/aromatic N) is 1. The highest BCUT2D eigenvalue weighted by Crippen LogP contribution is 2.26. The van der Waals surface area contributed by atoms with E-state index in [0.717, 1.165) is 10.6 Å². The van der Waals surface area contributed by atoms with Crippen molar-refractivity contribution in [2.24, 2.45) is 5.73 Å². The van der Waals surface area contributed by atoms with Crippen molar-refractivity contribution in [3.8, 4) is 11.5 Å². The summed E-state index contributed by atoms with van der Waals surface area (Å²) in [5.74, 6) is -0.413. The van der Waals surface area contributed by atoms with Crippen molar-refractivity contribution in [1.82, 2.24) is 15.5 Å². The molecule has 1 aromatic heterocycles. The molecule has 2 heterocycles. The largest absolute Gasteiger partial charge is 0.494 e. The molecule has 0 radical (unpaired) electrons. The number of carbonyl (C=O) groups is 3. The Morgan fingerprint density at radius 1 is 1.14 bits per heavy atom. The molecule has 0 saturated carbocycles. The maximum atomic E-state index is 13.4. The first kappa shape index (κ1) is 30.5. The Morgan fingerprint density at radius 2 is 1.88 bits per heavy atom. The van der Waals surface area contributed by atoms with E-state index in [1.807, 2.05) is 37.3 Å². The fraction of sp³-hybridized carbons (Fsp3) is 0.333. The van der Waals surface area contributed by atoms with E-state index < -0.39 is 23.9 Å². The number of rotatable bonds is 13. The number of ether oxygens (including phenoxy) is 2. The van der Waals surface area contributed by atoms with Crippen LogP contribution in [0.5, 0.6) is 11.5 Å². The van der Waals surface area contributed by atoms with Gasteiger partial charge in [0.2, 0.25) is 17.7 Å². The summed E-state index contributed by atoms with van der Waals surface area (Å²) in [5.41, 5.74) is 6.13. The number of nitrogens with two attached hydrogens (primary N) is 1. The molecule has 4 rings (SSSR count). The summed E-state index contributed by atoms with van der Waals surface area (Å²) >= 11 is 1.37. The third kappa shape index (κ3) is 8.53. The van der Waals surface area contributed by atoms with Crippen LogP contribution in [0.15, 0.2) is 66.0 Å². The van der Waals surface area contributed by atoms with Crippen molar-refractivity contribution in [2.45, 2.75) is 44.4 Å². The van der Waals surface area contributed by atoms with Crippen LogP contribution >= 0.6 is 11.3 Å². The number of para-hydroxylation sites is 1. The lowest BCUT2D eigenvalue weighted by Gasteiger charge is -2.25. The SMILES string of the molecule is C[C@@H](NC(=O)[C@@H]1C[C@@H](Oc2ccc(F)cc2)CN1C(=O)CNC(=O)CCCOc1ccccc1)c1cc(C(=N)N)cs1. The number of halogens is 1. The molecular formula is C30H34FN5O5S. The Balaban J connectivity index is 1.34. The molecule has 0 unspecified atom stereocenters. The van der Waals surface area contributed by atoms with E-state index in [0.29, 0.717) is 24.3 Å². The normalized spacial score (nSPS) is 16.9. The summed E-state index contributed by atoms with van der Waals surface area (Å²) in [5, 5.41) is 14.9. The van der Waals surface area contributed by atoms with Gasteiger partial charge in [-0.15, -0.1) is 11.3 Å². The van der Waals surface area contributed by atoms with Crippen LogP contribution in [0.2, 0.25) is 0 Å². The number of nitrogens with one attached hydrogen (secondary N) is 3. The number of thiophene rings is 1. The predicted molar refractivity (Wildman–Crippen MR) is 157 cm³/mol. The summed E-state index contributed by atoms with van der Waals surface area (Å²) in [6, 6.07) is 15.3. The standard InChI is InChI=1S/C30H34FN5O5S/c1-19(26-14-20(18-42-26)29(32)33)35-30(39)25-15-24(41-23-11-9-21(31)10-12-23)17-36(25)28(38)16-34-27(37)8-5-13-40-22-6-3-2-4-7-22/h2-4,6-7,9-12,14,18-19,24-25H,5,8,13,15-17H2,1H3,(H3,32,33)(H,34,37)(H,35,39)/t19-,24-,25+/m1/s1. The molecule has 1 aliphatic rings. The number of nitrogen functional groups attached to an aromatic ring is 1. The monoisotopic (exact) mass is 595 g/mol. The molecule has 12 heteroatoms. The smallest absolute Gasteiger partial charge is 0.243 e. The Morgan fingerprint density at radius 3 is 2.57 bits per heavy atom. The van der Waals surface area contributed by atoms with Crippen LogP contribution in [0.3, 0.4) is 0 Å². The second-order valence-corrected chi connectivity index (χ2v) is 10.9. The highest BCUT2D eigenvalue weighted by Gasteiger charge is 2.41. The van der Waals surface area contributed by atoms with Crippen molar-refractivity contribution in [3.05, 3.63) is 82.3 Å². The van der Waals surface area contributed by atoms with Crippen LogP contribution in [-0.4, -0.2) is 60.3 Å². The number of carbonyl (C=O) groups excluding carboxylic acids is 3. The number of hydrogen-bond acceptors (Lipinski definition) is 7. The second kappa shape index (κ2) is 14.4. The molecule has 5 N–H and O–H groups in total. The minimum Gasteiger partial charge on any atom is -0.494 e. The van der Waals surface area contributed by atoms with Crippen LogP contribution < -0.4 is 25.8 Å². The van der Waals surface area contributed by atoms with Crippen molar-refractivity contribution in [2.75, 3.05) is 19.7 Å². The van der Waals surface area contributed by atoms with Crippen molar-refractivity contribution in [3.63, 3.8) is 0 Å². The zero-order valence-corrected chi connectivity index (χ0v) is 24.0. The van der Waals surface area contributed by atoms with Gasteiger partial charge in [0.25, 0.3) is 0 Å². The maximum Gasteiger partial charge on any atom is 0.243 e. The molecule has 2 aromatic carbocycles. The van der Waals surface area contributed by atoms with Crippen molar-refractivity contribution in [1.29, 1.82) is 5.41 Å². The minimum absolute atomic E-state index is 0.0601. The molecule has 1 aliphatic heterocycles. The predicted octanol–water partition coefficient (Wildman–Crippen LogP) is 3.37. The summed E-state index contributed by atoms with van der Waals surface area (Å²) in [6.07, 6.45) is 0.363. The van der Waals surface area contributed by atoms with Crippen molar-refractivity contribution < 1.29 is 28.2 Å². The first-order valence-electron chi connectivity index (χ1n) is 13.6.